The molecule has 0 aliphatic carbocycles. The minimum absolute atomic E-state index is 0.0374. The summed E-state index contributed by atoms with van der Waals surface area (Å²) in [4.78, 5) is 28.6. The molecule has 174 valence electrons. The molecule has 4 rings (SSSR count). The molecule has 2 aromatic rings. The third-order valence-electron chi connectivity index (χ3n) is 4.67. The summed E-state index contributed by atoms with van der Waals surface area (Å²) < 4.78 is 30.2. The van der Waals surface area contributed by atoms with Crippen molar-refractivity contribution in [1.29, 1.82) is 5.41 Å². The Hall–Kier alpha value is -3.57. The van der Waals surface area contributed by atoms with E-state index in [2.05, 4.69) is 10.1 Å². The molecule has 1 amide bonds. The Labute approximate surface area is 200 Å². The molecule has 2 heterocycles. The van der Waals surface area contributed by atoms with E-state index in [0.29, 0.717) is 16.9 Å². The number of sulfone groups is 1. The molecule has 11 heteroatoms. The Balaban J connectivity index is 1.52. The molecule has 2 aliphatic rings. The smallest absolute Gasteiger partial charge is 0.343 e. The number of aliphatic imine (C=N–C) groups is 1. The first-order valence-corrected chi connectivity index (χ1v) is 12.7. The van der Waals surface area contributed by atoms with Crippen LogP contribution in [-0.4, -0.2) is 46.4 Å². The van der Waals surface area contributed by atoms with Crippen LogP contribution in [0.25, 0.3) is 6.08 Å². The lowest BCUT2D eigenvalue weighted by molar-refractivity contribution is -0.114. The van der Waals surface area contributed by atoms with Crippen LogP contribution in [0.5, 0.6) is 5.75 Å². The van der Waals surface area contributed by atoms with E-state index in [4.69, 9.17) is 10.1 Å². The normalized spacial score (nSPS) is 17.0. The first-order valence-electron chi connectivity index (χ1n) is 10.2. The number of nitrogens with zero attached hydrogens (tertiary/aromatic N) is 3. The van der Waals surface area contributed by atoms with Gasteiger partial charge in [-0.15, -0.1) is 5.10 Å². The average molecular weight is 497 g/mol. The number of esters is 1. The molecule has 2 aliphatic heterocycles. The second kappa shape index (κ2) is 9.35. The Morgan fingerprint density at radius 2 is 1.82 bits per heavy atom. The monoisotopic (exact) mass is 496 g/mol. The summed E-state index contributed by atoms with van der Waals surface area (Å²) in [5.41, 5.74) is 0.946. The highest BCUT2D eigenvalue weighted by molar-refractivity contribution is 8.42. The van der Waals surface area contributed by atoms with E-state index in [-0.39, 0.29) is 32.6 Å². The van der Waals surface area contributed by atoms with Gasteiger partial charge < -0.3 is 4.74 Å². The summed E-state index contributed by atoms with van der Waals surface area (Å²) in [7, 11) is -3.65. The van der Waals surface area contributed by atoms with Crippen LogP contribution in [0.4, 0.5) is 0 Å². The lowest BCUT2D eigenvalue weighted by Crippen LogP contribution is -2.35. The number of fused-ring (bicyclic) bond motifs is 1. The predicted octanol–water partition coefficient (Wildman–Crippen LogP) is 3.55. The van der Waals surface area contributed by atoms with E-state index < -0.39 is 21.7 Å². The van der Waals surface area contributed by atoms with Crippen LogP contribution < -0.4 is 4.74 Å². The van der Waals surface area contributed by atoms with Gasteiger partial charge in [0.05, 0.1) is 16.9 Å². The maximum atomic E-state index is 12.5. The van der Waals surface area contributed by atoms with Crippen molar-refractivity contribution in [2.75, 3.05) is 5.75 Å². The molecule has 9 nitrogen and oxygen atoms in total. The van der Waals surface area contributed by atoms with Crippen molar-refractivity contribution in [1.82, 2.24) is 5.01 Å². The number of ether oxygens (including phenoxy) is 1. The number of carbonyl (C=O) groups is 2. The third kappa shape index (κ3) is 5.00. The zero-order valence-electron chi connectivity index (χ0n) is 18.3. The van der Waals surface area contributed by atoms with Gasteiger partial charge in [-0.1, -0.05) is 44.2 Å². The topological polar surface area (TPSA) is 129 Å². The summed E-state index contributed by atoms with van der Waals surface area (Å²) in [6, 6.07) is 15.0. The largest absolute Gasteiger partial charge is 0.423 e. The summed E-state index contributed by atoms with van der Waals surface area (Å²) >= 11 is 0.766. The van der Waals surface area contributed by atoms with Crippen molar-refractivity contribution in [3.8, 4) is 5.75 Å². The lowest BCUT2D eigenvalue weighted by Gasteiger charge is -2.20. The zero-order chi connectivity index (χ0) is 24.5. The van der Waals surface area contributed by atoms with Crippen LogP contribution in [0.3, 0.4) is 0 Å². The van der Waals surface area contributed by atoms with Crippen molar-refractivity contribution in [3.63, 3.8) is 0 Å². The summed E-state index contributed by atoms with van der Waals surface area (Å²) in [5.74, 6) is -1.30. The third-order valence-corrected chi connectivity index (χ3v) is 8.10. The second-order valence-corrected chi connectivity index (χ2v) is 11.0. The van der Waals surface area contributed by atoms with Crippen LogP contribution in [0.1, 0.15) is 29.8 Å². The number of rotatable bonds is 5. The fourth-order valence-electron chi connectivity index (χ4n) is 3.15. The van der Waals surface area contributed by atoms with E-state index in [9.17, 15) is 18.0 Å². The van der Waals surface area contributed by atoms with E-state index >= 15 is 0 Å². The molecular formula is C23H20N4O5S2. The fraction of sp³-hybridized carbons (Fsp3) is 0.174. The Morgan fingerprint density at radius 3 is 2.47 bits per heavy atom. The maximum Gasteiger partial charge on any atom is 0.343 e. The van der Waals surface area contributed by atoms with Crippen molar-refractivity contribution in [2.45, 2.75) is 13.8 Å². The van der Waals surface area contributed by atoms with Gasteiger partial charge in [-0.25, -0.2) is 13.2 Å². The number of thioether (sulfide) groups is 1. The Kier molecular flexibility index (Phi) is 6.49. The quantitative estimate of drug-likeness (QED) is 0.381. The molecule has 0 radical (unpaired) electrons. The van der Waals surface area contributed by atoms with Gasteiger partial charge in [0.1, 0.15) is 5.75 Å². The highest BCUT2D eigenvalue weighted by Gasteiger charge is 2.39. The minimum Gasteiger partial charge on any atom is -0.423 e. The summed E-state index contributed by atoms with van der Waals surface area (Å²) in [6.45, 7) is 3.56. The number of hydrazone groups is 1. The van der Waals surface area contributed by atoms with Crippen molar-refractivity contribution in [3.05, 3.63) is 71.3 Å². The highest BCUT2D eigenvalue weighted by Crippen LogP contribution is 2.31. The molecule has 0 saturated heterocycles. The molecule has 0 atom stereocenters. The molecule has 34 heavy (non-hydrogen) atoms. The van der Waals surface area contributed by atoms with Gasteiger partial charge in [0, 0.05) is 0 Å². The first-order chi connectivity index (χ1) is 16.1. The molecule has 0 saturated carbocycles. The van der Waals surface area contributed by atoms with Crippen LogP contribution >= 0.6 is 11.8 Å². The lowest BCUT2D eigenvalue weighted by atomic mass is 10.1. The summed E-state index contributed by atoms with van der Waals surface area (Å²) in [6.07, 6.45) is 1.45. The Morgan fingerprint density at radius 1 is 1.15 bits per heavy atom. The van der Waals surface area contributed by atoms with E-state index in [1.54, 1.807) is 68.4 Å². The molecule has 0 fully saturated rings. The van der Waals surface area contributed by atoms with E-state index in [0.717, 1.165) is 16.8 Å². The molecular weight excluding hydrogens is 476 g/mol. The van der Waals surface area contributed by atoms with Crippen LogP contribution in [0, 0.1) is 11.3 Å². The predicted molar refractivity (Wildman–Crippen MR) is 131 cm³/mol. The summed E-state index contributed by atoms with van der Waals surface area (Å²) in [5, 5.41) is 13.5. The molecule has 0 unspecified atom stereocenters. The van der Waals surface area contributed by atoms with Crippen molar-refractivity contribution >= 4 is 54.9 Å². The van der Waals surface area contributed by atoms with Crippen LogP contribution in [-0.2, 0) is 14.6 Å². The average Bonchev–Trinajstić information content (AvgIpc) is 3.23. The van der Waals surface area contributed by atoms with Gasteiger partial charge in [-0.05, 0) is 53.6 Å². The standard InChI is InChI=1S/C23H20N4O5S2/c1-14(2)13-34(30,31)23-26-27-19(24)18(20(28)25-22(27)33-23)12-15-8-10-17(11-9-15)32-21(29)16-6-4-3-5-7-16/h3-12,14,24H,13H2,1-2H3/b18-12+,24-19?. The number of benzene rings is 2. The van der Waals surface area contributed by atoms with Gasteiger partial charge in [-0.3, -0.25) is 10.2 Å². The second-order valence-electron chi connectivity index (χ2n) is 7.89. The van der Waals surface area contributed by atoms with E-state index in [1.165, 1.54) is 6.08 Å². The molecule has 0 aromatic heterocycles. The molecule has 0 bridgehead atoms. The highest BCUT2D eigenvalue weighted by atomic mass is 32.3. The van der Waals surface area contributed by atoms with Crippen LogP contribution in [0.15, 0.2) is 70.3 Å². The van der Waals surface area contributed by atoms with Crippen LogP contribution in [0.2, 0.25) is 0 Å². The number of hydrogen-bond acceptors (Lipinski definition) is 8. The number of amidine groups is 2. The molecule has 1 N–H and O–H groups in total. The molecule has 0 spiro atoms. The first kappa shape index (κ1) is 23.6. The van der Waals surface area contributed by atoms with Gasteiger partial charge in [-0.2, -0.15) is 10.0 Å². The number of amides is 1. The number of nitrogens with one attached hydrogen (secondary N) is 1. The number of carbonyl (C=O) groups excluding carboxylic acids is 2. The maximum absolute atomic E-state index is 12.5. The van der Waals surface area contributed by atoms with Crippen molar-refractivity contribution < 1.29 is 22.7 Å². The van der Waals surface area contributed by atoms with Gasteiger partial charge in [0.15, 0.2) is 5.84 Å². The van der Waals surface area contributed by atoms with Gasteiger partial charge in [0.2, 0.25) is 19.4 Å². The van der Waals surface area contributed by atoms with Gasteiger partial charge in [0.25, 0.3) is 5.91 Å². The van der Waals surface area contributed by atoms with E-state index in [1.807, 2.05) is 0 Å². The zero-order valence-corrected chi connectivity index (χ0v) is 19.9. The Bertz CT molecular complexity index is 1360. The van der Waals surface area contributed by atoms with Crippen molar-refractivity contribution in [2.24, 2.45) is 16.0 Å². The SMILES string of the molecule is CC(C)CS(=O)(=O)C1=NN2C(=N)/C(=C\c3ccc(OC(=O)c4ccccc4)cc3)C(=O)N=C2S1. The minimum atomic E-state index is -3.65. The van der Waals surface area contributed by atoms with Gasteiger partial charge >= 0.3 is 5.97 Å². The fourth-order valence-corrected chi connectivity index (χ4v) is 5.94. The molecule has 2 aromatic carbocycles. The number of hydrogen-bond donors (Lipinski definition) is 1.